The standard InChI is InChI=1S/C18H21N3O2/c1-11-9-17(21-18(19-11)12-3-4-12)20-15-7-8-23-16-10-13(22-2)5-6-14(15)16/h5-6,9-10,12,15H,3-4,7-8H2,1-2H3,(H,19,20,21). The maximum atomic E-state index is 5.78. The number of anilines is 1. The van der Waals surface area contributed by atoms with Gasteiger partial charge in [0.15, 0.2) is 0 Å². The maximum absolute atomic E-state index is 5.78. The molecule has 2 aliphatic rings. The minimum atomic E-state index is 0.200. The molecule has 0 radical (unpaired) electrons. The Kier molecular flexibility index (Phi) is 3.56. The molecule has 2 heterocycles. The normalized spacial score (nSPS) is 19.7. The van der Waals surface area contributed by atoms with Gasteiger partial charge in [0.1, 0.15) is 23.1 Å². The average Bonchev–Trinajstić information content (AvgIpc) is 3.39. The first-order chi connectivity index (χ1) is 11.2. The number of fused-ring (bicyclic) bond motifs is 1. The van der Waals surface area contributed by atoms with Crippen molar-refractivity contribution in [2.24, 2.45) is 0 Å². The van der Waals surface area contributed by atoms with Crippen molar-refractivity contribution in [3.63, 3.8) is 0 Å². The lowest BCUT2D eigenvalue weighted by Crippen LogP contribution is -2.21. The summed E-state index contributed by atoms with van der Waals surface area (Å²) in [5.74, 6) is 4.16. The van der Waals surface area contributed by atoms with E-state index in [-0.39, 0.29) is 6.04 Å². The molecule has 1 atom stereocenters. The Balaban J connectivity index is 1.60. The minimum absolute atomic E-state index is 0.200. The molecule has 1 unspecified atom stereocenters. The van der Waals surface area contributed by atoms with E-state index in [1.165, 1.54) is 12.8 Å². The third-order valence-corrected chi connectivity index (χ3v) is 4.40. The Morgan fingerprint density at radius 3 is 2.83 bits per heavy atom. The summed E-state index contributed by atoms with van der Waals surface area (Å²) < 4.78 is 11.1. The van der Waals surface area contributed by atoms with Crippen LogP contribution in [0.4, 0.5) is 5.82 Å². The SMILES string of the molecule is COc1ccc2c(c1)OCCC2Nc1cc(C)nc(C2CC2)n1. The van der Waals surface area contributed by atoms with E-state index >= 15 is 0 Å². The van der Waals surface area contributed by atoms with Crippen molar-refractivity contribution in [3.05, 3.63) is 41.3 Å². The van der Waals surface area contributed by atoms with Crippen LogP contribution in [0.15, 0.2) is 24.3 Å². The van der Waals surface area contributed by atoms with E-state index in [4.69, 9.17) is 14.5 Å². The zero-order valence-corrected chi connectivity index (χ0v) is 13.5. The quantitative estimate of drug-likeness (QED) is 0.935. The van der Waals surface area contributed by atoms with Gasteiger partial charge < -0.3 is 14.8 Å². The van der Waals surface area contributed by atoms with Gasteiger partial charge in [-0.3, -0.25) is 0 Å². The number of hydrogen-bond acceptors (Lipinski definition) is 5. The summed E-state index contributed by atoms with van der Waals surface area (Å²) in [5, 5.41) is 3.57. The van der Waals surface area contributed by atoms with Crippen molar-refractivity contribution < 1.29 is 9.47 Å². The first-order valence-corrected chi connectivity index (χ1v) is 8.16. The fraction of sp³-hybridized carbons (Fsp3) is 0.444. The van der Waals surface area contributed by atoms with Gasteiger partial charge in [-0.15, -0.1) is 0 Å². The molecule has 4 rings (SSSR count). The van der Waals surface area contributed by atoms with Crippen molar-refractivity contribution in [1.82, 2.24) is 9.97 Å². The second-order valence-corrected chi connectivity index (χ2v) is 6.26. The van der Waals surface area contributed by atoms with Crippen LogP contribution in [-0.4, -0.2) is 23.7 Å². The van der Waals surface area contributed by atoms with Gasteiger partial charge in [-0.2, -0.15) is 0 Å². The topological polar surface area (TPSA) is 56.3 Å². The van der Waals surface area contributed by atoms with Crippen molar-refractivity contribution >= 4 is 5.82 Å². The number of hydrogen-bond donors (Lipinski definition) is 1. The van der Waals surface area contributed by atoms with E-state index in [0.29, 0.717) is 12.5 Å². The predicted octanol–water partition coefficient (Wildman–Crippen LogP) is 3.61. The van der Waals surface area contributed by atoms with Crippen LogP contribution < -0.4 is 14.8 Å². The number of ether oxygens (including phenoxy) is 2. The highest BCUT2D eigenvalue weighted by Crippen LogP contribution is 2.39. The molecule has 1 aliphatic carbocycles. The van der Waals surface area contributed by atoms with Gasteiger partial charge >= 0.3 is 0 Å². The van der Waals surface area contributed by atoms with Crippen molar-refractivity contribution in [1.29, 1.82) is 0 Å². The second kappa shape index (κ2) is 5.72. The van der Waals surface area contributed by atoms with Gasteiger partial charge in [0, 0.05) is 35.7 Å². The number of nitrogens with one attached hydrogen (secondary N) is 1. The van der Waals surface area contributed by atoms with Crippen LogP contribution in [0.5, 0.6) is 11.5 Å². The molecular weight excluding hydrogens is 290 g/mol. The third kappa shape index (κ3) is 2.96. The maximum Gasteiger partial charge on any atom is 0.134 e. The van der Waals surface area contributed by atoms with E-state index < -0.39 is 0 Å². The van der Waals surface area contributed by atoms with Crippen LogP contribution in [0, 0.1) is 6.92 Å². The molecule has 1 aliphatic heterocycles. The fourth-order valence-corrected chi connectivity index (χ4v) is 3.01. The van der Waals surface area contributed by atoms with Gasteiger partial charge in [-0.25, -0.2) is 9.97 Å². The highest BCUT2D eigenvalue weighted by Gasteiger charge is 2.28. The summed E-state index contributed by atoms with van der Waals surface area (Å²) in [7, 11) is 1.67. The minimum Gasteiger partial charge on any atom is -0.497 e. The van der Waals surface area contributed by atoms with E-state index in [0.717, 1.165) is 40.8 Å². The third-order valence-electron chi connectivity index (χ3n) is 4.40. The Hall–Kier alpha value is -2.30. The predicted molar refractivity (Wildman–Crippen MR) is 88.2 cm³/mol. The molecule has 1 N–H and O–H groups in total. The molecule has 0 saturated heterocycles. The number of nitrogens with zero attached hydrogens (tertiary/aromatic N) is 2. The molecule has 1 fully saturated rings. The molecule has 0 spiro atoms. The lowest BCUT2D eigenvalue weighted by molar-refractivity contribution is 0.272. The Bertz CT molecular complexity index is 728. The summed E-state index contributed by atoms with van der Waals surface area (Å²) >= 11 is 0. The first kappa shape index (κ1) is 14.3. The van der Waals surface area contributed by atoms with E-state index in [9.17, 15) is 0 Å². The molecule has 0 amide bonds. The number of aryl methyl sites for hydroxylation is 1. The van der Waals surface area contributed by atoms with Gasteiger partial charge in [0.25, 0.3) is 0 Å². The monoisotopic (exact) mass is 311 g/mol. The summed E-state index contributed by atoms with van der Waals surface area (Å²) in [6, 6.07) is 8.21. The fourth-order valence-electron chi connectivity index (χ4n) is 3.01. The molecule has 1 aromatic carbocycles. The van der Waals surface area contributed by atoms with Gasteiger partial charge in [-0.1, -0.05) is 0 Å². The van der Waals surface area contributed by atoms with Crippen molar-refractivity contribution in [2.75, 3.05) is 19.0 Å². The number of aromatic nitrogens is 2. The average molecular weight is 311 g/mol. The van der Waals surface area contributed by atoms with Crippen LogP contribution in [-0.2, 0) is 0 Å². The van der Waals surface area contributed by atoms with Crippen molar-refractivity contribution in [3.8, 4) is 11.5 Å². The Labute approximate surface area is 136 Å². The zero-order chi connectivity index (χ0) is 15.8. The van der Waals surface area contributed by atoms with Crippen LogP contribution in [0.1, 0.15) is 48.3 Å². The number of methoxy groups -OCH3 is 1. The van der Waals surface area contributed by atoms with E-state index in [2.05, 4.69) is 16.4 Å². The van der Waals surface area contributed by atoms with E-state index in [1.807, 2.05) is 25.1 Å². The Morgan fingerprint density at radius 1 is 1.17 bits per heavy atom. The van der Waals surface area contributed by atoms with Crippen LogP contribution >= 0.6 is 0 Å². The molecule has 23 heavy (non-hydrogen) atoms. The molecule has 5 heteroatoms. The molecule has 1 aromatic heterocycles. The lowest BCUT2D eigenvalue weighted by atomic mass is 10.0. The summed E-state index contributed by atoms with van der Waals surface area (Å²) in [4.78, 5) is 9.27. The second-order valence-electron chi connectivity index (χ2n) is 6.26. The number of benzene rings is 1. The summed E-state index contributed by atoms with van der Waals surface area (Å²) in [5.41, 5.74) is 2.17. The first-order valence-electron chi connectivity index (χ1n) is 8.16. The highest BCUT2D eigenvalue weighted by atomic mass is 16.5. The zero-order valence-electron chi connectivity index (χ0n) is 13.5. The lowest BCUT2D eigenvalue weighted by Gasteiger charge is -2.27. The molecule has 2 aromatic rings. The Morgan fingerprint density at radius 2 is 2.04 bits per heavy atom. The molecule has 0 bridgehead atoms. The summed E-state index contributed by atoms with van der Waals surface area (Å²) in [6.07, 6.45) is 3.34. The molecule has 5 nitrogen and oxygen atoms in total. The summed E-state index contributed by atoms with van der Waals surface area (Å²) in [6.45, 7) is 2.72. The van der Waals surface area contributed by atoms with Gasteiger partial charge in [-0.05, 0) is 31.9 Å². The molecule has 1 saturated carbocycles. The van der Waals surface area contributed by atoms with Crippen molar-refractivity contribution in [2.45, 2.75) is 38.1 Å². The van der Waals surface area contributed by atoms with E-state index in [1.54, 1.807) is 7.11 Å². The van der Waals surface area contributed by atoms with Gasteiger partial charge in [0.05, 0.1) is 19.8 Å². The highest BCUT2D eigenvalue weighted by molar-refractivity contribution is 5.48. The number of rotatable bonds is 4. The van der Waals surface area contributed by atoms with Crippen LogP contribution in [0.3, 0.4) is 0 Å². The van der Waals surface area contributed by atoms with Crippen LogP contribution in [0.2, 0.25) is 0 Å². The smallest absolute Gasteiger partial charge is 0.134 e. The largest absolute Gasteiger partial charge is 0.497 e. The van der Waals surface area contributed by atoms with Gasteiger partial charge in [0.2, 0.25) is 0 Å². The molecule has 120 valence electrons. The van der Waals surface area contributed by atoms with Crippen LogP contribution in [0.25, 0.3) is 0 Å². The molecular formula is C18H21N3O2.